The Hall–Kier alpha value is -4.56. The number of methoxy groups -OCH3 is 1. The molecule has 3 aromatic carbocycles. The predicted molar refractivity (Wildman–Crippen MR) is 147 cm³/mol. The molecule has 0 bridgehead atoms. The number of para-hydroxylation sites is 1. The Labute approximate surface area is 226 Å². The molecule has 1 aromatic heterocycles. The lowest BCUT2D eigenvalue weighted by molar-refractivity contribution is -0.129. The molecule has 0 radical (unpaired) electrons. The van der Waals surface area contributed by atoms with Gasteiger partial charge in [0, 0.05) is 18.5 Å². The Morgan fingerprint density at radius 2 is 1.79 bits per heavy atom. The lowest BCUT2D eigenvalue weighted by Crippen LogP contribution is -2.36. The molecule has 39 heavy (non-hydrogen) atoms. The van der Waals surface area contributed by atoms with E-state index in [0.29, 0.717) is 47.7 Å². The summed E-state index contributed by atoms with van der Waals surface area (Å²) < 4.78 is 17.3. The molecule has 8 heteroatoms. The van der Waals surface area contributed by atoms with Crippen LogP contribution in [0.25, 0.3) is 11.0 Å². The van der Waals surface area contributed by atoms with E-state index in [4.69, 9.17) is 13.9 Å². The van der Waals surface area contributed by atoms with E-state index in [0.717, 1.165) is 5.56 Å². The first-order valence-corrected chi connectivity index (χ1v) is 12.6. The Kier molecular flexibility index (Phi) is 7.38. The van der Waals surface area contributed by atoms with Gasteiger partial charge in [-0.15, -0.1) is 0 Å². The summed E-state index contributed by atoms with van der Waals surface area (Å²) in [5.74, 6) is -0.657. The van der Waals surface area contributed by atoms with Crippen molar-refractivity contribution in [3.05, 3.63) is 107 Å². The number of carbonyl (C=O) groups is 2. The van der Waals surface area contributed by atoms with Gasteiger partial charge in [0.15, 0.2) is 22.9 Å². The molecular weight excluding hydrogens is 496 g/mol. The number of carbonyl (C=O) groups excluding carboxylic acids is 2. The van der Waals surface area contributed by atoms with Gasteiger partial charge in [-0.3, -0.25) is 9.59 Å². The van der Waals surface area contributed by atoms with E-state index in [1.54, 1.807) is 30.3 Å². The van der Waals surface area contributed by atoms with Crippen LogP contribution in [-0.2, 0) is 11.4 Å². The van der Waals surface area contributed by atoms with Gasteiger partial charge in [-0.2, -0.15) is 0 Å². The van der Waals surface area contributed by atoms with Crippen LogP contribution >= 0.6 is 0 Å². The number of furan rings is 1. The molecule has 5 rings (SSSR count). The van der Waals surface area contributed by atoms with E-state index in [-0.39, 0.29) is 11.3 Å². The summed E-state index contributed by atoms with van der Waals surface area (Å²) in [5.41, 5.74) is 2.05. The number of likely N-dealkylation sites (N-methyl/N-ethyl adjacent to an activating group) is 1. The van der Waals surface area contributed by atoms with Gasteiger partial charge >= 0.3 is 0 Å². The summed E-state index contributed by atoms with van der Waals surface area (Å²) in [6.45, 7) is 1.22. The minimum Gasteiger partial charge on any atom is -0.503 e. The average Bonchev–Trinajstić information content (AvgIpc) is 3.50. The summed E-state index contributed by atoms with van der Waals surface area (Å²) in [4.78, 5) is 30.6. The molecule has 0 spiro atoms. The van der Waals surface area contributed by atoms with E-state index in [2.05, 4.69) is 0 Å². The second-order valence-corrected chi connectivity index (χ2v) is 9.63. The van der Waals surface area contributed by atoms with Crippen LogP contribution in [0.5, 0.6) is 11.5 Å². The minimum atomic E-state index is -0.819. The zero-order valence-electron chi connectivity index (χ0n) is 22.1. The number of hydrogen-bond donors (Lipinski definition) is 1. The Morgan fingerprint density at radius 1 is 1.03 bits per heavy atom. The van der Waals surface area contributed by atoms with Crippen LogP contribution in [0.3, 0.4) is 0 Å². The number of aliphatic hydroxyl groups excluding tert-OH is 1. The van der Waals surface area contributed by atoms with E-state index in [1.807, 2.05) is 67.5 Å². The maximum Gasteiger partial charge on any atom is 0.290 e. The van der Waals surface area contributed by atoms with Crippen molar-refractivity contribution in [2.45, 2.75) is 12.6 Å². The fraction of sp³-hybridized carbons (Fsp3) is 0.226. The first-order chi connectivity index (χ1) is 18.9. The van der Waals surface area contributed by atoms with Crippen molar-refractivity contribution < 1.29 is 28.6 Å². The molecule has 1 unspecified atom stereocenters. The maximum atomic E-state index is 13.9. The van der Waals surface area contributed by atoms with Crippen molar-refractivity contribution in [1.29, 1.82) is 0 Å². The van der Waals surface area contributed by atoms with Crippen molar-refractivity contribution in [2.24, 2.45) is 0 Å². The standard InChI is InChI=1S/C31H30N2O6/c1-32(2)15-16-33-27(21-11-7-13-23(17-21)38-19-20-9-5-4-6-10-20)26(29(35)31(33)36)28(34)25-18-22-12-8-14-24(37-3)30(22)39-25/h4-14,17-18,27,35H,15-16,19H2,1-3H3. The first kappa shape index (κ1) is 26.1. The quantitative estimate of drug-likeness (QED) is 0.285. The highest BCUT2D eigenvalue weighted by molar-refractivity contribution is 6.16. The largest absolute Gasteiger partial charge is 0.503 e. The zero-order valence-corrected chi connectivity index (χ0v) is 22.1. The van der Waals surface area contributed by atoms with E-state index in [1.165, 1.54) is 12.0 Å². The number of amides is 1. The highest BCUT2D eigenvalue weighted by Gasteiger charge is 2.44. The molecule has 2 heterocycles. The summed E-state index contributed by atoms with van der Waals surface area (Å²) in [6.07, 6.45) is 0. The van der Waals surface area contributed by atoms with Gasteiger partial charge in [0.1, 0.15) is 12.4 Å². The van der Waals surface area contributed by atoms with E-state index in [9.17, 15) is 14.7 Å². The zero-order chi connectivity index (χ0) is 27.5. The number of ether oxygens (including phenoxy) is 2. The molecule has 0 fully saturated rings. The molecule has 4 aromatic rings. The molecule has 0 saturated heterocycles. The van der Waals surface area contributed by atoms with Crippen molar-refractivity contribution >= 4 is 22.7 Å². The molecule has 1 amide bonds. The minimum absolute atomic E-state index is 0.0137. The Morgan fingerprint density at radius 3 is 2.54 bits per heavy atom. The van der Waals surface area contributed by atoms with Crippen molar-refractivity contribution in [1.82, 2.24) is 9.80 Å². The molecule has 0 aliphatic carbocycles. The number of aliphatic hydroxyl groups is 1. The molecule has 8 nitrogen and oxygen atoms in total. The van der Waals surface area contributed by atoms with Gasteiger partial charge in [0.05, 0.1) is 18.7 Å². The molecule has 1 aliphatic heterocycles. The molecule has 1 N–H and O–H groups in total. The summed E-state index contributed by atoms with van der Waals surface area (Å²) >= 11 is 0. The highest BCUT2D eigenvalue weighted by atomic mass is 16.5. The number of nitrogens with zero attached hydrogens (tertiary/aromatic N) is 2. The van der Waals surface area contributed by atoms with Crippen molar-refractivity contribution in [2.75, 3.05) is 34.3 Å². The lowest BCUT2D eigenvalue weighted by atomic mass is 9.95. The second kappa shape index (κ2) is 11.0. The van der Waals surface area contributed by atoms with Crippen molar-refractivity contribution in [3.63, 3.8) is 0 Å². The summed E-state index contributed by atoms with van der Waals surface area (Å²) in [5, 5.41) is 11.7. The fourth-order valence-corrected chi connectivity index (χ4v) is 4.73. The molecule has 200 valence electrons. The van der Waals surface area contributed by atoms with E-state index >= 15 is 0 Å². The average molecular weight is 527 g/mol. The number of benzene rings is 3. The van der Waals surface area contributed by atoms with Gasteiger partial charge in [-0.05, 0) is 49.5 Å². The SMILES string of the molecule is COc1cccc2cc(C(=O)C3=C(O)C(=O)N(CCN(C)C)C3c3cccc(OCc4ccccc4)c3)oc12. The van der Waals surface area contributed by atoms with Crippen LogP contribution < -0.4 is 9.47 Å². The van der Waals surface area contributed by atoms with Gasteiger partial charge < -0.3 is 28.8 Å². The predicted octanol–water partition coefficient (Wildman–Crippen LogP) is 5.16. The molecular formula is C31H30N2O6. The number of ketones is 1. The fourth-order valence-electron chi connectivity index (χ4n) is 4.73. The number of rotatable bonds is 10. The topological polar surface area (TPSA) is 92.5 Å². The van der Waals surface area contributed by atoms with E-state index < -0.39 is 23.5 Å². The normalized spacial score (nSPS) is 15.4. The number of hydrogen-bond acceptors (Lipinski definition) is 7. The van der Waals surface area contributed by atoms with Gasteiger partial charge in [0.25, 0.3) is 5.91 Å². The van der Waals surface area contributed by atoms with Gasteiger partial charge in [0.2, 0.25) is 5.78 Å². The van der Waals surface area contributed by atoms with Crippen LogP contribution in [0, 0.1) is 0 Å². The summed E-state index contributed by atoms with van der Waals surface area (Å²) in [6, 6.07) is 23.2. The smallest absolute Gasteiger partial charge is 0.290 e. The van der Waals surface area contributed by atoms with Crippen LogP contribution in [0.1, 0.15) is 27.7 Å². The summed E-state index contributed by atoms with van der Waals surface area (Å²) in [7, 11) is 5.32. The Bertz CT molecular complexity index is 1540. The lowest BCUT2D eigenvalue weighted by Gasteiger charge is -2.28. The second-order valence-electron chi connectivity index (χ2n) is 9.63. The number of fused-ring (bicyclic) bond motifs is 1. The monoisotopic (exact) mass is 526 g/mol. The molecule has 1 aliphatic rings. The number of Topliss-reactive ketones (excluding diaryl/α,β-unsaturated/α-hetero) is 1. The maximum absolute atomic E-state index is 13.9. The third-order valence-corrected chi connectivity index (χ3v) is 6.71. The Balaban J connectivity index is 1.52. The van der Waals surface area contributed by atoms with Crippen LogP contribution in [0.15, 0.2) is 94.6 Å². The van der Waals surface area contributed by atoms with Gasteiger partial charge in [-0.25, -0.2) is 0 Å². The van der Waals surface area contributed by atoms with Gasteiger partial charge in [-0.1, -0.05) is 54.6 Å². The van der Waals surface area contributed by atoms with Crippen LogP contribution in [0.2, 0.25) is 0 Å². The third-order valence-electron chi connectivity index (χ3n) is 6.71. The third kappa shape index (κ3) is 5.24. The van der Waals surface area contributed by atoms with Crippen molar-refractivity contribution in [3.8, 4) is 11.5 Å². The highest BCUT2D eigenvalue weighted by Crippen LogP contribution is 2.41. The van der Waals surface area contributed by atoms with Crippen LogP contribution in [-0.4, -0.2) is 60.9 Å². The van der Waals surface area contributed by atoms with Crippen LogP contribution in [0.4, 0.5) is 0 Å². The molecule has 1 atom stereocenters. The first-order valence-electron chi connectivity index (χ1n) is 12.6. The molecule has 0 saturated carbocycles.